The van der Waals surface area contributed by atoms with Gasteiger partial charge in [0.15, 0.2) is 5.13 Å². The lowest BCUT2D eigenvalue weighted by atomic mass is 10.0. The van der Waals surface area contributed by atoms with Crippen molar-refractivity contribution in [2.24, 2.45) is 0 Å². The predicted octanol–water partition coefficient (Wildman–Crippen LogP) is 4.17. The number of urea groups is 1. The van der Waals surface area contributed by atoms with Crippen molar-refractivity contribution in [3.63, 3.8) is 0 Å². The SMILES string of the molecule is CN(C(=O)Nc1nc2c(s1)CCCC2)C1CCc2ccccc21. The topological polar surface area (TPSA) is 45.2 Å². The van der Waals surface area contributed by atoms with Crippen LogP contribution < -0.4 is 5.32 Å². The number of hydrogen-bond donors (Lipinski definition) is 1. The largest absolute Gasteiger partial charge is 0.323 e. The molecule has 0 saturated heterocycles. The van der Waals surface area contributed by atoms with E-state index in [0.717, 1.165) is 30.8 Å². The van der Waals surface area contributed by atoms with E-state index in [-0.39, 0.29) is 12.1 Å². The van der Waals surface area contributed by atoms with E-state index >= 15 is 0 Å². The number of rotatable bonds is 2. The first-order valence-corrected chi connectivity index (χ1v) is 9.14. The zero-order valence-corrected chi connectivity index (χ0v) is 14.2. The Kier molecular flexibility index (Phi) is 3.81. The van der Waals surface area contributed by atoms with Crippen LogP contribution in [0.15, 0.2) is 24.3 Å². The van der Waals surface area contributed by atoms with Gasteiger partial charge in [-0.1, -0.05) is 24.3 Å². The lowest BCUT2D eigenvalue weighted by molar-refractivity contribution is 0.204. The monoisotopic (exact) mass is 327 g/mol. The number of thiazole rings is 1. The van der Waals surface area contributed by atoms with Crippen LogP contribution in [0.25, 0.3) is 0 Å². The van der Waals surface area contributed by atoms with Gasteiger partial charge in [-0.3, -0.25) is 5.32 Å². The lowest BCUT2D eigenvalue weighted by Crippen LogP contribution is -2.34. The second-order valence-electron chi connectivity index (χ2n) is 6.39. The van der Waals surface area contributed by atoms with Gasteiger partial charge in [0.2, 0.25) is 0 Å². The van der Waals surface area contributed by atoms with Crippen molar-refractivity contribution in [3.8, 4) is 0 Å². The number of carbonyl (C=O) groups is 1. The molecule has 1 N–H and O–H groups in total. The first-order valence-electron chi connectivity index (χ1n) is 8.32. The number of fused-ring (bicyclic) bond motifs is 2. The molecular weight excluding hydrogens is 306 g/mol. The number of carbonyl (C=O) groups excluding carboxylic acids is 1. The van der Waals surface area contributed by atoms with Crippen molar-refractivity contribution in [3.05, 3.63) is 46.0 Å². The molecule has 2 aliphatic carbocycles. The van der Waals surface area contributed by atoms with Gasteiger partial charge < -0.3 is 4.90 Å². The zero-order valence-electron chi connectivity index (χ0n) is 13.3. The average molecular weight is 327 g/mol. The van der Waals surface area contributed by atoms with Gasteiger partial charge in [0, 0.05) is 11.9 Å². The molecule has 120 valence electrons. The Balaban J connectivity index is 1.48. The van der Waals surface area contributed by atoms with Crippen molar-refractivity contribution in [1.29, 1.82) is 0 Å². The highest BCUT2D eigenvalue weighted by Gasteiger charge is 2.29. The van der Waals surface area contributed by atoms with Crippen LogP contribution in [0.1, 0.15) is 47.0 Å². The number of hydrogen-bond acceptors (Lipinski definition) is 3. The van der Waals surface area contributed by atoms with Crippen molar-refractivity contribution >= 4 is 22.5 Å². The molecule has 0 bridgehead atoms. The van der Waals surface area contributed by atoms with E-state index in [0.29, 0.717) is 0 Å². The summed E-state index contributed by atoms with van der Waals surface area (Å²) in [5.41, 5.74) is 3.83. The van der Waals surface area contributed by atoms with Gasteiger partial charge in [0.25, 0.3) is 0 Å². The van der Waals surface area contributed by atoms with Gasteiger partial charge in [-0.15, -0.1) is 11.3 Å². The van der Waals surface area contributed by atoms with E-state index in [1.807, 2.05) is 11.9 Å². The summed E-state index contributed by atoms with van der Waals surface area (Å²) < 4.78 is 0. The molecule has 0 fully saturated rings. The van der Waals surface area contributed by atoms with Gasteiger partial charge in [0.1, 0.15) is 0 Å². The molecule has 0 saturated carbocycles. The third-order valence-electron chi connectivity index (χ3n) is 4.95. The molecule has 2 amide bonds. The molecule has 0 aliphatic heterocycles. The fourth-order valence-electron chi connectivity index (χ4n) is 3.66. The van der Waals surface area contributed by atoms with Crippen molar-refractivity contribution in [2.75, 3.05) is 12.4 Å². The first-order chi connectivity index (χ1) is 11.2. The number of aryl methyl sites for hydroxylation is 3. The smallest absolute Gasteiger partial charge is 0.320 e. The summed E-state index contributed by atoms with van der Waals surface area (Å²) in [6.07, 6.45) is 6.65. The summed E-state index contributed by atoms with van der Waals surface area (Å²) >= 11 is 1.64. The highest BCUT2D eigenvalue weighted by molar-refractivity contribution is 7.15. The quantitative estimate of drug-likeness (QED) is 0.899. The standard InChI is InChI=1S/C18H21N3OS/c1-21(15-11-10-12-6-2-3-7-13(12)15)18(22)20-17-19-14-8-4-5-9-16(14)23-17/h2-3,6-7,15H,4-5,8-11H2,1H3,(H,19,20,22). The highest BCUT2D eigenvalue weighted by Crippen LogP contribution is 2.35. The summed E-state index contributed by atoms with van der Waals surface area (Å²) in [6.45, 7) is 0. The van der Waals surface area contributed by atoms with Crippen LogP contribution in [0.5, 0.6) is 0 Å². The summed E-state index contributed by atoms with van der Waals surface area (Å²) in [7, 11) is 1.88. The van der Waals surface area contributed by atoms with E-state index in [2.05, 4.69) is 34.6 Å². The van der Waals surface area contributed by atoms with Crippen LogP contribution in [-0.4, -0.2) is 23.0 Å². The van der Waals surface area contributed by atoms with Crippen LogP contribution >= 0.6 is 11.3 Å². The molecule has 1 unspecified atom stereocenters. The maximum Gasteiger partial charge on any atom is 0.323 e. The third kappa shape index (κ3) is 2.74. The molecule has 1 aromatic heterocycles. The molecule has 0 radical (unpaired) electrons. The molecule has 4 rings (SSSR count). The van der Waals surface area contributed by atoms with E-state index in [9.17, 15) is 4.79 Å². The normalized spacial score (nSPS) is 19.1. The summed E-state index contributed by atoms with van der Waals surface area (Å²) in [4.78, 5) is 20.4. The van der Waals surface area contributed by atoms with Crippen LogP contribution in [0.4, 0.5) is 9.93 Å². The minimum absolute atomic E-state index is 0.0576. The maximum atomic E-state index is 12.6. The summed E-state index contributed by atoms with van der Waals surface area (Å²) in [5, 5.41) is 3.75. The average Bonchev–Trinajstić information content (AvgIpc) is 3.17. The minimum Gasteiger partial charge on any atom is -0.320 e. The van der Waals surface area contributed by atoms with Gasteiger partial charge in [-0.2, -0.15) is 0 Å². The molecule has 4 nitrogen and oxygen atoms in total. The van der Waals surface area contributed by atoms with Gasteiger partial charge in [0.05, 0.1) is 11.7 Å². The van der Waals surface area contributed by atoms with E-state index in [1.165, 1.54) is 34.5 Å². The predicted molar refractivity (Wildman–Crippen MR) is 93.0 cm³/mol. The molecule has 0 spiro atoms. The fraction of sp³-hybridized carbons (Fsp3) is 0.444. The molecule has 1 atom stereocenters. The summed E-state index contributed by atoms with van der Waals surface area (Å²) in [6, 6.07) is 8.53. The number of nitrogens with zero attached hydrogens (tertiary/aromatic N) is 2. The maximum absolute atomic E-state index is 12.6. The van der Waals surface area contributed by atoms with Gasteiger partial charge >= 0.3 is 6.03 Å². The van der Waals surface area contributed by atoms with E-state index in [4.69, 9.17) is 0 Å². The Morgan fingerprint density at radius 2 is 2.09 bits per heavy atom. The molecule has 5 heteroatoms. The number of anilines is 1. The molecule has 2 aromatic rings. The minimum atomic E-state index is -0.0576. The Bertz CT molecular complexity index is 716. The number of amides is 2. The Hall–Kier alpha value is -1.88. The van der Waals surface area contributed by atoms with Crippen LogP contribution in [0.2, 0.25) is 0 Å². The van der Waals surface area contributed by atoms with E-state index in [1.54, 1.807) is 11.3 Å². The summed E-state index contributed by atoms with van der Waals surface area (Å²) in [5.74, 6) is 0. The van der Waals surface area contributed by atoms with Crippen LogP contribution in [0.3, 0.4) is 0 Å². The van der Waals surface area contributed by atoms with Crippen LogP contribution in [0, 0.1) is 0 Å². The molecular formula is C18H21N3OS. The number of nitrogens with one attached hydrogen (secondary N) is 1. The second-order valence-corrected chi connectivity index (χ2v) is 7.47. The molecule has 23 heavy (non-hydrogen) atoms. The van der Waals surface area contributed by atoms with Crippen molar-refractivity contribution < 1.29 is 4.79 Å². The van der Waals surface area contributed by atoms with E-state index < -0.39 is 0 Å². The number of benzene rings is 1. The zero-order chi connectivity index (χ0) is 15.8. The Labute approximate surface area is 140 Å². The molecule has 1 heterocycles. The molecule has 1 aromatic carbocycles. The second kappa shape index (κ2) is 5.96. The Morgan fingerprint density at radius 3 is 2.96 bits per heavy atom. The molecule has 2 aliphatic rings. The van der Waals surface area contributed by atoms with Crippen LogP contribution in [-0.2, 0) is 19.3 Å². The Morgan fingerprint density at radius 1 is 1.26 bits per heavy atom. The van der Waals surface area contributed by atoms with Crippen molar-refractivity contribution in [1.82, 2.24) is 9.88 Å². The fourth-order valence-corrected chi connectivity index (χ4v) is 4.70. The van der Waals surface area contributed by atoms with Crippen molar-refractivity contribution in [2.45, 2.75) is 44.6 Å². The number of aromatic nitrogens is 1. The van der Waals surface area contributed by atoms with Gasteiger partial charge in [-0.25, -0.2) is 9.78 Å². The van der Waals surface area contributed by atoms with Gasteiger partial charge in [-0.05, 0) is 49.7 Å². The first kappa shape index (κ1) is 14.7. The highest BCUT2D eigenvalue weighted by atomic mass is 32.1. The third-order valence-corrected chi connectivity index (χ3v) is 6.02. The lowest BCUT2D eigenvalue weighted by Gasteiger charge is -2.25.